The van der Waals surface area contributed by atoms with Gasteiger partial charge in [0, 0.05) is 35.7 Å². The number of aryl methyl sites for hydroxylation is 1. The summed E-state index contributed by atoms with van der Waals surface area (Å²) in [7, 11) is 0. The highest BCUT2D eigenvalue weighted by atomic mass is 19.1. The van der Waals surface area contributed by atoms with Gasteiger partial charge in [0.15, 0.2) is 5.96 Å². The van der Waals surface area contributed by atoms with E-state index in [4.69, 9.17) is 10.5 Å². The number of rotatable bonds is 5. The average Bonchev–Trinajstić information content (AvgIpc) is 2.99. The van der Waals surface area contributed by atoms with Crippen molar-refractivity contribution in [2.24, 2.45) is 10.7 Å². The maximum Gasteiger partial charge on any atom is 0.253 e. The van der Waals surface area contributed by atoms with Gasteiger partial charge in [-0.15, -0.1) is 0 Å². The summed E-state index contributed by atoms with van der Waals surface area (Å²) in [5, 5.41) is 2.93. The molecule has 6 nitrogen and oxygen atoms in total. The fourth-order valence-corrected chi connectivity index (χ4v) is 3.57. The molecule has 0 radical (unpaired) electrons. The molecule has 0 saturated carbocycles. The minimum atomic E-state index is -1.01. The van der Waals surface area contributed by atoms with Gasteiger partial charge in [-0.05, 0) is 30.7 Å². The van der Waals surface area contributed by atoms with E-state index in [0.717, 1.165) is 23.8 Å². The Bertz CT molecular complexity index is 1230. The molecular weight excluding hydrogens is 402 g/mol. The van der Waals surface area contributed by atoms with Gasteiger partial charge in [0.2, 0.25) is 0 Å². The molecule has 3 aromatic rings. The fraction of sp³-hybridized carbons (Fsp3) is 0.130. The summed E-state index contributed by atoms with van der Waals surface area (Å²) in [6.45, 7) is 5.99. The van der Waals surface area contributed by atoms with Crippen LogP contribution >= 0.6 is 0 Å². The van der Waals surface area contributed by atoms with Crippen LogP contribution in [0, 0.1) is 18.6 Å². The Morgan fingerprint density at radius 1 is 1.13 bits per heavy atom. The van der Waals surface area contributed by atoms with Gasteiger partial charge in [-0.1, -0.05) is 24.8 Å². The lowest BCUT2D eigenvalue weighted by Gasteiger charge is -2.28. The predicted molar refractivity (Wildman–Crippen MR) is 114 cm³/mol. The van der Waals surface area contributed by atoms with Crippen LogP contribution in [0.4, 0.5) is 8.78 Å². The number of nitrogens with zero attached hydrogens (tertiary/aromatic N) is 2. The number of hydrogen-bond acceptors (Lipinski definition) is 5. The van der Waals surface area contributed by atoms with Crippen LogP contribution in [0.2, 0.25) is 0 Å². The summed E-state index contributed by atoms with van der Waals surface area (Å²) in [6, 6.07) is 13.3. The molecule has 8 heteroatoms. The highest BCUT2D eigenvalue weighted by molar-refractivity contribution is 5.84. The van der Waals surface area contributed by atoms with E-state index in [2.05, 4.69) is 16.9 Å². The van der Waals surface area contributed by atoms with E-state index >= 15 is 0 Å². The first-order chi connectivity index (χ1) is 14.8. The molecule has 1 aliphatic rings. The molecule has 0 amide bonds. The van der Waals surface area contributed by atoms with Crippen molar-refractivity contribution < 1.29 is 13.5 Å². The van der Waals surface area contributed by atoms with Crippen LogP contribution in [0.1, 0.15) is 11.1 Å². The lowest BCUT2D eigenvalue weighted by molar-refractivity contribution is 0.436. The van der Waals surface area contributed by atoms with Crippen LogP contribution in [-0.2, 0) is 12.1 Å². The van der Waals surface area contributed by atoms with Crippen LogP contribution in [0.25, 0.3) is 0 Å². The maximum atomic E-state index is 13.4. The molecule has 1 unspecified atom stereocenters. The Hall–Kier alpha value is -3.94. The van der Waals surface area contributed by atoms with Gasteiger partial charge < -0.3 is 20.4 Å². The number of guanidine groups is 1. The Morgan fingerprint density at radius 2 is 1.81 bits per heavy atom. The quantitative estimate of drug-likeness (QED) is 0.659. The Kier molecular flexibility index (Phi) is 5.06. The molecule has 1 aliphatic heterocycles. The zero-order valence-corrected chi connectivity index (χ0v) is 16.7. The van der Waals surface area contributed by atoms with E-state index in [1.807, 2.05) is 0 Å². The number of ether oxygens (including phenoxy) is 1. The minimum absolute atomic E-state index is 0.0421. The zero-order chi connectivity index (χ0) is 22.2. The van der Waals surface area contributed by atoms with Gasteiger partial charge >= 0.3 is 0 Å². The Labute approximate surface area is 177 Å². The second kappa shape index (κ2) is 7.71. The topological polar surface area (TPSA) is 81.6 Å². The smallest absolute Gasteiger partial charge is 0.253 e. The zero-order valence-electron chi connectivity index (χ0n) is 16.7. The van der Waals surface area contributed by atoms with Crippen molar-refractivity contribution in [1.82, 2.24) is 9.88 Å². The molecule has 0 aliphatic carbocycles. The highest BCUT2D eigenvalue weighted by Gasteiger charge is 2.40. The van der Waals surface area contributed by atoms with Crippen molar-refractivity contribution in [3.63, 3.8) is 0 Å². The molecule has 0 spiro atoms. The molecular formula is C23H20F2N4O2. The van der Waals surface area contributed by atoms with Crippen molar-refractivity contribution >= 4 is 5.96 Å². The lowest BCUT2D eigenvalue weighted by atomic mass is 9.88. The van der Waals surface area contributed by atoms with E-state index < -0.39 is 17.2 Å². The molecule has 158 valence electrons. The predicted octanol–water partition coefficient (Wildman–Crippen LogP) is 3.55. The number of benzene rings is 2. The minimum Gasteiger partial charge on any atom is -0.457 e. The van der Waals surface area contributed by atoms with Gasteiger partial charge in [-0.25, -0.2) is 13.8 Å². The molecule has 0 saturated heterocycles. The van der Waals surface area contributed by atoms with Crippen LogP contribution in [0.3, 0.4) is 0 Å². The summed E-state index contributed by atoms with van der Waals surface area (Å²) >= 11 is 0. The molecule has 4 rings (SSSR count). The summed E-state index contributed by atoms with van der Waals surface area (Å²) in [4.78, 5) is 17.1. The van der Waals surface area contributed by atoms with Crippen molar-refractivity contribution in [3.05, 3.63) is 106 Å². The van der Waals surface area contributed by atoms with E-state index in [0.29, 0.717) is 17.0 Å². The normalized spacial score (nSPS) is 17.9. The van der Waals surface area contributed by atoms with Crippen molar-refractivity contribution in [1.29, 1.82) is 0 Å². The summed E-state index contributed by atoms with van der Waals surface area (Å²) in [5.41, 5.74) is 6.63. The van der Waals surface area contributed by atoms with E-state index in [-0.39, 0.29) is 23.8 Å². The third-order valence-corrected chi connectivity index (χ3v) is 5.10. The first kappa shape index (κ1) is 20.3. The molecule has 0 fully saturated rings. The van der Waals surface area contributed by atoms with Gasteiger partial charge in [0.25, 0.3) is 5.56 Å². The Balaban J connectivity index is 1.69. The lowest BCUT2D eigenvalue weighted by Crippen LogP contribution is -2.36. The second-order valence-electron chi connectivity index (χ2n) is 7.32. The second-order valence-corrected chi connectivity index (χ2v) is 7.32. The fourth-order valence-electron chi connectivity index (χ4n) is 3.57. The van der Waals surface area contributed by atoms with E-state index in [1.54, 1.807) is 54.1 Å². The molecule has 2 heterocycles. The summed E-state index contributed by atoms with van der Waals surface area (Å²) in [5.74, 6) is -0.841. The molecule has 1 aromatic heterocycles. The number of nitrogens with one attached hydrogen (secondary N) is 1. The van der Waals surface area contributed by atoms with Crippen LogP contribution in [0.15, 0.2) is 82.9 Å². The largest absolute Gasteiger partial charge is 0.457 e. The van der Waals surface area contributed by atoms with Gasteiger partial charge in [0.05, 0.1) is 6.54 Å². The third kappa shape index (κ3) is 3.92. The van der Waals surface area contributed by atoms with E-state index in [1.165, 1.54) is 0 Å². The molecule has 3 N–H and O–H groups in total. The monoisotopic (exact) mass is 422 g/mol. The molecule has 2 aromatic carbocycles. The van der Waals surface area contributed by atoms with Crippen molar-refractivity contribution in [2.75, 3.05) is 0 Å². The SMILES string of the molecule is C=C1NC(N)=NC1(Cn1cccc(C)c1=O)c1ccc(Oc2cc(F)cc(F)c2)cc1. The van der Waals surface area contributed by atoms with Crippen LogP contribution in [0.5, 0.6) is 11.5 Å². The molecule has 0 bridgehead atoms. The van der Waals surface area contributed by atoms with Crippen molar-refractivity contribution in [2.45, 2.75) is 19.0 Å². The van der Waals surface area contributed by atoms with Gasteiger partial charge in [-0.3, -0.25) is 4.79 Å². The first-order valence-corrected chi connectivity index (χ1v) is 9.49. The number of aromatic nitrogens is 1. The van der Waals surface area contributed by atoms with Crippen LogP contribution in [-0.4, -0.2) is 10.5 Å². The number of halogens is 2. The maximum absolute atomic E-state index is 13.4. The van der Waals surface area contributed by atoms with E-state index in [9.17, 15) is 13.6 Å². The van der Waals surface area contributed by atoms with Crippen molar-refractivity contribution in [3.8, 4) is 11.5 Å². The number of hydrogen-bond donors (Lipinski definition) is 2. The standard InChI is InChI=1S/C23H20F2N4O2/c1-14-4-3-9-29(21(14)30)13-23(15(2)27-22(26)28-23)16-5-7-19(8-6-16)31-20-11-17(24)10-18(25)12-20/h3-12H,2,13H2,1H3,(H3,26,27,28). The number of aliphatic imine (C=N–C) groups is 1. The Morgan fingerprint density at radius 3 is 2.42 bits per heavy atom. The van der Waals surface area contributed by atoms with Crippen LogP contribution < -0.4 is 21.3 Å². The summed E-state index contributed by atoms with van der Waals surface area (Å²) in [6.07, 6.45) is 1.68. The first-order valence-electron chi connectivity index (χ1n) is 9.49. The highest BCUT2D eigenvalue weighted by Crippen LogP contribution is 2.37. The van der Waals surface area contributed by atoms with Gasteiger partial charge in [0.1, 0.15) is 28.7 Å². The van der Waals surface area contributed by atoms with Gasteiger partial charge in [-0.2, -0.15) is 0 Å². The molecule has 1 atom stereocenters. The average molecular weight is 422 g/mol. The number of pyridine rings is 1. The molecule has 31 heavy (non-hydrogen) atoms. The third-order valence-electron chi connectivity index (χ3n) is 5.10. The number of nitrogens with two attached hydrogens (primary N) is 1. The summed E-state index contributed by atoms with van der Waals surface area (Å²) < 4.78 is 33.9.